The maximum absolute atomic E-state index is 6.50. The Bertz CT molecular complexity index is 1550. The molecular weight excluding hydrogens is 434 g/mol. The van der Waals surface area contributed by atoms with Gasteiger partial charge in [0.1, 0.15) is 5.82 Å². The van der Waals surface area contributed by atoms with E-state index in [1.807, 2.05) is 42.6 Å². The molecule has 7 rings (SSSR count). The molecule has 0 aliphatic carbocycles. The first kappa shape index (κ1) is 20.1. The van der Waals surface area contributed by atoms with E-state index in [2.05, 4.69) is 69.5 Å². The van der Waals surface area contributed by atoms with Gasteiger partial charge < -0.3 is 15.8 Å². The highest BCUT2D eigenvalue weighted by Gasteiger charge is 2.36. The van der Waals surface area contributed by atoms with Crippen LogP contribution >= 0.6 is 0 Å². The first-order valence-corrected chi connectivity index (χ1v) is 11.7. The summed E-state index contributed by atoms with van der Waals surface area (Å²) in [5, 5.41) is 3.52. The molecule has 0 radical (unpaired) electrons. The van der Waals surface area contributed by atoms with Crippen molar-refractivity contribution in [3.05, 3.63) is 103 Å². The van der Waals surface area contributed by atoms with Gasteiger partial charge in [-0.15, -0.1) is 0 Å². The van der Waals surface area contributed by atoms with Gasteiger partial charge in [-0.3, -0.25) is 4.57 Å². The van der Waals surface area contributed by atoms with Crippen LogP contribution in [0.1, 0.15) is 5.56 Å². The zero-order chi connectivity index (χ0) is 23.4. The lowest BCUT2D eigenvalue weighted by Crippen LogP contribution is -2.54. The van der Waals surface area contributed by atoms with Gasteiger partial charge in [0.2, 0.25) is 0 Å². The first-order chi connectivity index (χ1) is 17.2. The highest BCUT2D eigenvalue weighted by molar-refractivity contribution is 5.90. The van der Waals surface area contributed by atoms with Crippen molar-refractivity contribution in [2.45, 2.75) is 5.54 Å². The van der Waals surface area contributed by atoms with E-state index in [9.17, 15) is 0 Å². The molecule has 170 valence electrons. The summed E-state index contributed by atoms with van der Waals surface area (Å²) in [5.74, 6) is 1.67. The number of nitrogens with one attached hydrogen (secondary N) is 1. The van der Waals surface area contributed by atoms with E-state index >= 15 is 0 Å². The van der Waals surface area contributed by atoms with Gasteiger partial charge in [0.15, 0.2) is 5.82 Å². The Morgan fingerprint density at radius 2 is 1.60 bits per heavy atom. The van der Waals surface area contributed by atoms with Gasteiger partial charge >= 0.3 is 0 Å². The number of aromatic nitrogens is 3. The number of rotatable bonds is 3. The van der Waals surface area contributed by atoms with Crippen LogP contribution in [0.25, 0.3) is 39.6 Å². The van der Waals surface area contributed by atoms with Crippen LogP contribution in [0.3, 0.4) is 0 Å². The third kappa shape index (κ3) is 3.11. The Hall–Kier alpha value is -4.26. The fourth-order valence-electron chi connectivity index (χ4n) is 4.94. The molecule has 1 fully saturated rings. The minimum atomic E-state index is -0.408. The summed E-state index contributed by atoms with van der Waals surface area (Å²) in [6, 6.07) is 31.1. The largest absolute Gasteiger partial charge is 0.377 e. The van der Waals surface area contributed by atoms with Crippen molar-refractivity contribution in [2.75, 3.05) is 18.5 Å². The number of nitrogens with zero attached hydrogens (tertiary/aromatic N) is 3. The van der Waals surface area contributed by atoms with Crippen molar-refractivity contribution in [3.8, 4) is 39.6 Å². The average molecular weight is 458 g/mol. The molecule has 5 aromatic rings. The van der Waals surface area contributed by atoms with E-state index < -0.39 is 5.54 Å². The number of hydrogen-bond acceptors (Lipinski definition) is 5. The molecule has 3 aromatic carbocycles. The number of nitrogens with two attached hydrogens (primary N) is 1. The summed E-state index contributed by atoms with van der Waals surface area (Å²) in [5.41, 5.74) is 14.2. The molecule has 6 heteroatoms. The fraction of sp³-hybridized carbons (Fsp3) is 0.103. The average Bonchev–Trinajstić information content (AvgIpc) is 3.22. The van der Waals surface area contributed by atoms with Gasteiger partial charge in [0.05, 0.1) is 41.5 Å². The van der Waals surface area contributed by atoms with Crippen molar-refractivity contribution in [3.63, 3.8) is 0 Å². The Morgan fingerprint density at radius 1 is 0.829 bits per heavy atom. The van der Waals surface area contributed by atoms with E-state index in [1.165, 1.54) is 0 Å². The van der Waals surface area contributed by atoms with Crippen LogP contribution in [0, 0.1) is 0 Å². The van der Waals surface area contributed by atoms with Gasteiger partial charge in [-0.1, -0.05) is 66.7 Å². The van der Waals surface area contributed by atoms with Gasteiger partial charge in [-0.2, -0.15) is 0 Å². The van der Waals surface area contributed by atoms with Crippen LogP contribution in [0.15, 0.2) is 97.2 Å². The highest BCUT2D eigenvalue weighted by atomic mass is 16.5. The molecular formula is C29H23N5O. The second-order valence-electron chi connectivity index (χ2n) is 9.10. The fourth-order valence-corrected chi connectivity index (χ4v) is 4.94. The molecule has 0 unspecified atom stereocenters. The van der Waals surface area contributed by atoms with E-state index in [4.69, 9.17) is 15.5 Å². The second kappa shape index (κ2) is 7.63. The normalized spacial score (nSPS) is 15.1. The molecule has 6 nitrogen and oxygen atoms in total. The number of benzene rings is 3. The Kier molecular flexibility index (Phi) is 4.39. The molecule has 0 bridgehead atoms. The number of pyridine rings is 1. The summed E-state index contributed by atoms with van der Waals surface area (Å²) in [7, 11) is 0. The third-order valence-electron chi connectivity index (χ3n) is 6.83. The lowest BCUT2D eigenvalue weighted by Gasteiger charge is -2.38. The van der Waals surface area contributed by atoms with Crippen LogP contribution in [-0.4, -0.2) is 27.7 Å². The quantitative estimate of drug-likeness (QED) is 0.366. The second-order valence-corrected chi connectivity index (χ2v) is 9.10. The molecule has 35 heavy (non-hydrogen) atoms. The summed E-state index contributed by atoms with van der Waals surface area (Å²) in [6.07, 6.45) is 1.81. The number of anilines is 2. The molecule has 2 aromatic heterocycles. The third-order valence-corrected chi connectivity index (χ3v) is 6.83. The molecule has 2 aliphatic rings. The van der Waals surface area contributed by atoms with Crippen LogP contribution in [0.5, 0.6) is 0 Å². The lowest BCUT2D eigenvalue weighted by atomic mass is 9.88. The van der Waals surface area contributed by atoms with Crippen molar-refractivity contribution in [1.82, 2.24) is 14.5 Å². The summed E-state index contributed by atoms with van der Waals surface area (Å²) >= 11 is 0. The Labute approximate surface area is 203 Å². The monoisotopic (exact) mass is 457 g/mol. The zero-order valence-corrected chi connectivity index (χ0v) is 19.0. The van der Waals surface area contributed by atoms with Crippen molar-refractivity contribution in [2.24, 2.45) is 5.73 Å². The predicted octanol–water partition coefficient (Wildman–Crippen LogP) is 5.51. The molecule has 2 aliphatic heterocycles. The van der Waals surface area contributed by atoms with Crippen LogP contribution < -0.4 is 11.1 Å². The zero-order valence-electron chi connectivity index (χ0n) is 19.0. The van der Waals surface area contributed by atoms with Gasteiger partial charge in [-0.05, 0) is 29.8 Å². The Morgan fingerprint density at radius 3 is 2.37 bits per heavy atom. The van der Waals surface area contributed by atoms with Crippen molar-refractivity contribution < 1.29 is 4.74 Å². The van der Waals surface area contributed by atoms with Crippen LogP contribution in [0.2, 0.25) is 0 Å². The number of ether oxygens (including phenoxy) is 1. The van der Waals surface area contributed by atoms with Gasteiger partial charge in [0.25, 0.3) is 0 Å². The Balaban J connectivity index is 1.53. The molecule has 0 atom stereocenters. The molecule has 0 amide bonds. The minimum Gasteiger partial charge on any atom is -0.377 e. The van der Waals surface area contributed by atoms with E-state index in [0.717, 1.165) is 56.7 Å². The van der Waals surface area contributed by atoms with Crippen molar-refractivity contribution >= 4 is 11.5 Å². The van der Waals surface area contributed by atoms with Crippen LogP contribution in [-0.2, 0) is 10.3 Å². The molecule has 0 spiro atoms. The molecule has 4 heterocycles. The first-order valence-electron chi connectivity index (χ1n) is 11.7. The molecule has 1 saturated heterocycles. The summed E-state index contributed by atoms with van der Waals surface area (Å²) in [6.45, 7) is 1.09. The van der Waals surface area contributed by atoms with Gasteiger partial charge in [0, 0.05) is 22.9 Å². The molecule has 3 N–H and O–H groups in total. The van der Waals surface area contributed by atoms with Gasteiger partial charge in [-0.25, -0.2) is 9.97 Å². The van der Waals surface area contributed by atoms with E-state index in [1.54, 1.807) is 0 Å². The highest BCUT2D eigenvalue weighted by Crippen LogP contribution is 2.44. The maximum Gasteiger partial charge on any atom is 0.154 e. The molecule has 0 saturated carbocycles. The summed E-state index contributed by atoms with van der Waals surface area (Å²) < 4.78 is 7.60. The number of para-hydroxylation sites is 1. The predicted molar refractivity (Wildman–Crippen MR) is 138 cm³/mol. The number of hydrogen-bond donors (Lipinski definition) is 2. The standard InChI is InChI=1S/C29H23N5O/c30-29(17-35-18-29)21-14-12-20(13-15-21)26-25(19-7-2-1-3-8-19)33-28-22-9-4-5-10-23(22)32-27-24(34(26)28)11-6-16-31-27/h1-16H,17-18,30H2,(H,31,32). The number of fused-ring (bicyclic) bond motifs is 5. The SMILES string of the molecule is NC1(c2ccc(-c3c(-c4ccccc4)nc4n3-c3cccnc3Nc3ccccc3-4)cc2)COC1. The topological polar surface area (TPSA) is 78.0 Å². The van der Waals surface area contributed by atoms with Crippen LogP contribution in [0.4, 0.5) is 11.5 Å². The summed E-state index contributed by atoms with van der Waals surface area (Å²) in [4.78, 5) is 9.92. The maximum atomic E-state index is 6.50. The smallest absolute Gasteiger partial charge is 0.154 e. The van der Waals surface area contributed by atoms with E-state index in [0.29, 0.717) is 13.2 Å². The lowest BCUT2D eigenvalue weighted by molar-refractivity contribution is -0.0569. The van der Waals surface area contributed by atoms with Crippen molar-refractivity contribution in [1.29, 1.82) is 0 Å². The minimum absolute atomic E-state index is 0.408. The van der Waals surface area contributed by atoms with E-state index in [-0.39, 0.29) is 0 Å². The number of imidazole rings is 1.